The van der Waals surface area contributed by atoms with Crippen molar-refractivity contribution in [2.75, 3.05) is 13.1 Å². The first-order chi connectivity index (χ1) is 14.2. The van der Waals surface area contributed by atoms with Gasteiger partial charge in [0.05, 0.1) is 4.90 Å². The molecule has 2 aromatic rings. The fraction of sp³-hybridized carbons (Fsp3) is 0.409. The molecular formula is C22H28N2O5S. The summed E-state index contributed by atoms with van der Waals surface area (Å²) in [7, 11) is -3.60. The van der Waals surface area contributed by atoms with Crippen molar-refractivity contribution >= 4 is 15.9 Å². The van der Waals surface area contributed by atoms with Crippen molar-refractivity contribution in [1.82, 2.24) is 9.62 Å². The van der Waals surface area contributed by atoms with Crippen LogP contribution in [-0.2, 0) is 14.8 Å². The molecule has 8 heteroatoms. The molecule has 2 N–H and O–H groups in total. The minimum Gasteiger partial charge on any atom is -0.508 e. The molecule has 1 aliphatic heterocycles. The molecule has 0 spiro atoms. The van der Waals surface area contributed by atoms with Gasteiger partial charge in [-0.1, -0.05) is 6.07 Å². The highest BCUT2D eigenvalue weighted by Gasteiger charge is 2.29. The van der Waals surface area contributed by atoms with Gasteiger partial charge in [0.1, 0.15) is 11.5 Å². The Bertz CT molecular complexity index is 997. The van der Waals surface area contributed by atoms with Crippen LogP contribution in [0.5, 0.6) is 11.5 Å². The molecule has 1 unspecified atom stereocenters. The average molecular weight is 433 g/mol. The summed E-state index contributed by atoms with van der Waals surface area (Å²) in [6.45, 7) is 6.44. The molecule has 1 saturated heterocycles. The molecule has 1 amide bonds. The molecule has 30 heavy (non-hydrogen) atoms. The summed E-state index contributed by atoms with van der Waals surface area (Å²) < 4.78 is 33.8. The molecule has 0 saturated carbocycles. The highest BCUT2D eigenvalue weighted by atomic mass is 32.2. The first-order valence-corrected chi connectivity index (χ1v) is 11.5. The summed E-state index contributed by atoms with van der Waals surface area (Å²) in [5, 5.41) is 9.33. The van der Waals surface area contributed by atoms with Gasteiger partial charge < -0.3 is 14.7 Å². The summed E-state index contributed by atoms with van der Waals surface area (Å²) in [5.74, 6) is 0.495. The van der Waals surface area contributed by atoms with Gasteiger partial charge in [-0.2, -0.15) is 0 Å². The quantitative estimate of drug-likeness (QED) is 0.732. The third-order valence-corrected chi connectivity index (χ3v) is 6.93. The van der Waals surface area contributed by atoms with Gasteiger partial charge in [-0.3, -0.25) is 4.79 Å². The number of nitrogens with one attached hydrogen (secondary N) is 1. The van der Waals surface area contributed by atoms with Crippen LogP contribution in [-0.4, -0.2) is 49.6 Å². The molecule has 1 fully saturated rings. The lowest BCUT2D eigenvalue weighted by Gasteiger charge is -2.33. The van der Waals surface area contributed by atoms with Crippen molar-refractivity contribution in [2.45, 2.75) is 50.7 Å². The molecular weight excluding hydrogens is 404 g/mol. The number of rotatable bonds is 6. The molecule has 1 heterocycles. The van der Waals surface area contributed by atoms with E-state index in [9.17, 15) is 18.3 Å². The van der Waals surface area contributed by atoms with E-state index in [-0.39, 0.29) is 22.6 Å². The second-order valence-electron chi connectivity index (χ2n) is 7.72. The third kappa shape index (κ3) is 5.31. The van der Waals surface area contributed by atoms with Crippen LogP contribution in [0.3, 0.4) is 0 Å². The molecule has 1 aliphatic rings. The Hall–Kier alpha value is -2.58. The van der Waals surface area contributed by atoms with Crippen molar-refractivity contribution in [3.8, 4) is 11.5 Å². The Morgan fingerprint density at radius 3 is 2.33 bits per heavy atom. The van der Waals surface area contributed by atoms with E-state index in [4.69, 9.17) is 4.74 Å². The molecule has 0 bridgehead atoms. The summed E-state index contributed by atoms with van der Waals surface area (Å²) >= 11 is 0. The fourth-order valence-corrected chi connectivity index (χ4v) is 4.81. The number of hydrogen-bond acceptors (Lipinski definition) is 5. The van der Waals surface area contributed by atoms with Gasteiger partial charge in [-0.05, 0) is 81.1 Å². The SMILES string of the molecule is Cc1ccc(S(=O)(=O)NC2CCN(C(=O)C(C)Oc3ccc(O)cc3)CC2)cc1C. The lowest BCUT2D eigenvalue weighted by Crippen LogP contribution is -2.49. The summed E-state index contributed by atoms with van der Waals surface area (Å²) in [4.78, 5) is 14.6. The van der Waals surface area contributed by atoms with Gasteiger partial charge in [0.25, 0.3) is 5.91 Å². The third-order valence-electron chi connectivity index (χ3n) is 5.41. The van der Waals surface area contributed by atoms with Crippen molar-refractivity contribution < 1.29 is 23.1 Å². The second kappa shape index (κ2) is 9.06. The molecule has 2 aromatic carbocycles. The number of phenolic OH excluding ortho intramolecular Hbond substituents is 1. The zero-order valence-electron chi connectivity index (χ0n) is 17.5. The van der Waals surface area contributed by atoms with Gasteiger partial charge in [-0.25, -0.2) is 13.1 Å². The number of hydrogen-bond donors (Lipinski definition) is 2. The maximum Gasteiger partial charge on any atom is 0.263 e. The molecule has 1 atom stereocenters. The maximum atomic E-state index is 12.7. The number of carbonyl (C=O) groups excluding carboxylic acids is 1. The van der Waals surface area contributed by atoms with E-state index in [1.54, 1.807) is 42.2 Å². The van der Waals surface area contributed by atoms with Gasteiger partial charge >= 0.3 is 0 Å². The van der Waals surface area contributed by atoms with Crippen molar-refractivity contribution in [1.29, 1.82) is 0 Å². The first-order valence-electron chi connectivity index (χ1n) is 10.00. The summed E-state index contributed by atoms with van der Waals surface area (Å²) in [6, 6.07) is 11.1. The Morgan fingerprint density at radius 1 is 1.10 bits per heavy atom. The lowest BCUT2D eigenvalue weighted by molar-refractivity contribution is -0.139. The lowest BCUT2D eigenvalue weighted by atomic mass is 10.1. The van der Waals surface area contributed by atoms with E-state index in [1.165, 1.54) is 12.1 Å². The number of ether oxygens (including phenoxy) is 1. The summed E-state index contributed by atoms with van der Waals surface area (Å²) in [5.41, 5.74) is 1.98. The fourth-order valence-electron chi connectivity index (χ4n) is 3.42. The highest BCUT2D eigenvalue weighted by molar-refractivity contribution is 7.89. The highest BCUT2D eigenvalue weighted by Crippen LogP contribution is 2.20. The van der Waals surface area contributed by atoms with Crippen LogP contribution >= 0.6 is 0 Å². The average Bonchev–Trinajstić information content (AvgIpc) is 2.71. The van der Waals surface area contributed by atoms with E-state index in [2.05, 4.69) is 4.72 Å². The molecule has 3 rings (SSSR count). The molecule has 0 aliphatic carbocycles. The molecule has 162 valence electrons. The summed E-state index contributed by atoms with van der Waals surface area (Å²) in [6.07, 6.45) is 0.419. The van der Waals surface area contributed by atoms with Crippen LogP contribution in [0.2, 0.25) is 0 Å². The number of piperidine rings is 1. The minimum atomic E-state index is -3.60. The van der Waals surface area contributed by atoms with Crippen molar-refractivity contribution in [3.63, 3.8) is 0 Å². The standard InChI is InChI=1S/C22H28N2O5S/c1-15-4-9-21(14-16(15)2)30(27,28)23-18-10-12-24(13-11-18)22(26)17(3)29-20-7-5-19(25)6-8-20/h4-9,14,17-18,23,25H,10-13H2,1-3H3. The maximum absolute atomic E-state index is 12.7. The second-order valence-corrected chi connectivity index (χ2v) is 9.43. The van der Waals surface area contributed by atoms with Crippen LogP contribution in [0.15, 0.2) is 47.4 Å². The van der Waals surface area contributed by atoms with Gasteiger partial charge in [0, 0.05) is 19.1 Å². The Morgan fingerprint density at radius 2 is 1.73 bits per heavy atom. The predicted molar refractivity (Wildman–Crippen MR) is 114 cm³/mol. The number of carbonyl (C=O) groups is 1. The molecule has 0 radical (unpaired) electrons. The topological polar surface area (TPSA) is 95.9 Å². The van der Waals surface area contributed by atoms with Crippen molar-refractivity contribution in [2.24, 2.45) is 0 Å². The number of benzene rings is 2. The van der Waals surface area contributed by atoms with Gasteiger partial charge in [0.15, 0.2) is 6.10 Å². The van der Waals surface area contributed by atoms with Crippen LogP contribution in [0.25, 0.3) is 0 Å². The van der Waals surface area contributed by atoms with Crippen LogP contribution in [0.4, 0.5) is 0 Å². The van der Waals surface area contributed by atoms with E-state index < -0.39 is 16.1 Å². The largest absolute Gasteiger partial charge is 0.508 e. The number of amides is 1. The molecule has 0 aromatic heterocycles. The molecule has 7 nitrogen and oxygen atoms in total. The van der Waals surface area contributed by atoms with E-state index in [0.717, 1.165) is 11.1 Å². The van der Waals surface area contributed by atoms with Gasteiger partial charge in [-0.15, -0.1) is 0 Å². The van der Waals surface area contributed by atoms with Crippen LogP contribution < -0.4 is 9.46 Å². The van der Waals surface area contributed by atoms with Gasteiger partial charge in [0.2, 0.25) is 10.0 Å². The number of nitrogens with zero attached hydrogens (tertiary/aromatic N) is 1. The number of aryl methyl sites for hydroxylation is 2. The van der Waals surface area contributed by atoms with Crippen molar-refractivity contribution in [3.05, 3.63) is 53.6 Å². The number of likely N-dealkylation sites (tertiary alicyclic amines) is 1. The Kier molecular flexibility index (Phi) is 6.67. The number of aromatic hydroxyl groups is 1. The number of phenols is 1. The normalized spacial score (nSPS) is 16.3. The Labute approximate surface area is 177 Å². The Balaban J connectivity index is 1.54. The van der Waals surface area contributed by atoms with E-state index >= 15 is 0 Å². The van der Waals surface area contributed by atoms with Crippen LogP contribution in [0, 0.1) is 13.8 Å². The minimum absolute atomic E-state index is 0.131. The monoisotopic (exact) mass is 432 g/mol. The smallest absolute Gasteiger partial charge is 0.263 e. The van der Waals surface area contributed by atoms with E-state index in [0.29, 0.717) is 31.7 Å². The first kappa shape index (κ1) is 22.1. The number of sulfonamides is 1. The zero-order chi connectivity index (χ0) is 21.9. The zero-order valence-corrected chi connectivity index (χ0v) is 18.3. The van der Waals surface area contributed by atoms with Crippen LogP contribution in [0.1, 0.15) is 30.9 Å². The van der Waals surface area contributed by atoms with E-state index in [1.807, 2.05) is 13.8 Å². The predicted octanol–water partition coefficient (Wildman–Crippen LogP) is 2.75.